The minimum Gasteiger partial charge on any atom is -0.481 e. The Morgan fingerprint density at radius 3 is 3.00 bits per heavy atom. The van der Waals surface area contributed by atoms with Crippen LogP contribution in [-0.2, 0) is 11.2 Å². The number of hydrogen-bond acceptors (Lipinski definition) is 2. The molecule has 0 saturated heterocycles. The lowest BCUT2D eigenvalue weighted by molar-refractivity contribution is -0.136. The van der Waals surface area contributed by atoms with Crippen LogP contribution in [0.5, 0.6) is 0 Å². The van der Waals surface area contributed by atoms with Crippen LogP contribution in [-0.4, -0.2) is 16.1 Å². The van der Waals surface area contributed by atoms with Crippen LogP contribution in [0.2, 0.25) is 0 Å². The summed E-state index contributed by atoms with van der Waals surface area (Å²) in [7, 11) is 0. The first-order valence-electron chi connectivity index (χ1n) is 3.12. The minimum absolute atomic E-state index is 0.0428. The van der Waals surface area contributed by atoms with E-state index in [1.54, 1.807) is 0 Å². The maximum Gasteiger partial charge on any atom is 0.307 e. The lowest BCUT2D eigenvalue weighted by atomic mass is 10.2. The Hall–Kier alpha value is -0.970. The smallest absolute Gasteiger partial charge is 0.307 e. The molecule has 0 amide bonds. The van der Waals surface area contributed by atoms with Crippen molar-refractivity contribution in [3.05, 3.63) is 28.2 Å². The molecule has 0 aromatic carbocycles. The van der Waals surface area contributed by atoms with Gasteiger partial charge in [0, 0.05) is 11.8 Å². The number of carboxylic acids is 1. The summed E-state index contributed by atoms with van der Waals surface area (Å²) in [5.41, 5.74) is 0.129. The van der Waals surface area contributed by atoms with E-state index in [2.05, 4.69) is 20.9 Å². The number of hydrogen-bond donors (Lipinski definition) is 1. The Bertz CT molecular complexity index is 316. The first kappa shape index (κ1) is 9.12. The van der Waals surface area contributed by atoms with Gasteiger partial charge in [-0.15, -0.1) is 0 Å². The molecular formula is C7H5BrFNO2. The number of halogens is 2. The normalized spacial score (nSPS) is 9.83. The summed E-state index contributed by atoms with van der Waals surface area (Å²) in [6.07, 6.45) is 1.03. The summed E-state index contributed by atoms with van der Waals surface area (Å²) >= 11 is 2.86. The van der Waals surface area contributed by atoms with Crippen LogP contribution in [0, 0.1) is 5.82 Å². The molecule has 1 heterocycles. The molecule has 12 heavy (non-hydrogen) atoms. The van der Waals surface area contributed by atoms with Crippen LogP contribution < -0.4 is 0 Å². The first-order chi connectivity index (χ1) is 5.61. The predicted octanol–water partition coefficient (Wildman–Crippen LogP) is 1.61. The second kappa shape index (κ2) is 3.62. The van der Waals surface area contributed by atoms with Gasteiger partial charge in [0.15, 0.2) is 5.82 Å². The number of carboxylic acid groups (broad SMARTS) is 1. The van der Waals surface area contributed by atoms with Gasteiger partial charge in [0.05, 0.1) is 6.42 Å². The van der Waals surface area contributed by atoms with E-state index in [1.807, 2.05) is 0 Å². The SMILES string of the molecule is O=C(O)Cc1ccnc(Br)c1F. The van der Waals surface area contributed by atoms with Gasteiger partial charge in [-0.25, -0.2) is 9.37 Å². The Balaban J connectivity index is 3.00. The Kier molecular flexibility index (Phi) is 2.75. The summed E-state index contributed by atoms with van der Waals surface area (Å²) in [5.74, 6) is -1.67. The molecule has 1 N–H and O–H groups in total. The lowest BCUT2D eigenvalue weighted by Crippen LogP contribution is -2.03. The van der Waals surface area contributed by atoms with Crippen molar-refractivity contribution in [3.8, 4) is 0 Å². The Morgan fingerprint density at radius 1 is 1.75 bits per heavy atom. The third kappa shape index (κ3) is 2.01. The molecule has 0 saturated carbocycles. The zero-order valence-corrected chi connectivity index (χ0v) is 7.51. The van der Waals surface area contributed by atoms with Crippen LogP contribution in [0.3, 0.4) is 0 Å². The summed E-state index contributed by atoms with van der Waals surface area (Å²) in [6.45, 7) is 0. The average Bonchev–Trinajstić information content (AvgIpc) is 1.98. The molecule has 64 valence electrons. The van der Waals surface area contributed by atoms with E-state index in [1.165, 1.54) is 12.3 Å². The maximum absolute atomic E-state index is 13.0. The predicted molar refractivity (Wildman–Crippen MR) is 43.2 cm³/mol. The highest BCUT2D eigenvalue weighted by Gasteiger charge is 2.09. The molecule has 5 heteroatoms. The number of pyridine rings is 1. The number of aromatic nitrogens is 1. The van der Waals surface area contributed by atoms with Crippen LogP contribution >= 0.6 is 15.9 Å². The Morgan fingerprint density at radius 2 is 2.42 bits per heavy atom. The molecule has 0 aliphatic carbocycles. The van der Waals surface area contributed by atoms with Crippen molar-refractivity contribution in [2.24, 2.45) is 0 Å². The molecule has 0 spiro atoms. The maximum atomic E-state index is 13.0. The van der Waals surface area contributed by atoms with Crippen molar-refractivity contribution in [3.63, 3.8) is 0 Å². The highest BCUT2D eigenvalue weighted by molar-refractivity contribution is 9.10. The molecule has 0 radical (unpaired) electrons. The lowest BCUT2D eigenvalue weighted by Gasteiger charge is -1.99. The average molecular weight is 234 g/mol. The molecule has 1 aromatic heterocycles. The molecule has 0 fully saturated rings. The van der Waals surface area contributed by atoms with Gasteiger partial charge in [-0.1, -0.05) is 0 Å². The van der Waals surface area contributed by atoms with E-state index >= 15 is 0 Å². The van der Waals surface area contributed by atoms with Crippen LogP contribution in [0.4, 0.5) is 4.39 Å². The topological polar surface area (TPSA) is 50.2 Å². The van der Waals surface area contributed by atoms with Gasteiger partial charge in [-0.2, -0.15) is 0 Å². The van der Waals surface area contributed by atoms with Crippen LogP contribution in [0.25, 0.3) is 0 Å². The zero-order chi connectivity index (χ0) is 9.14. The van der Waals surface area contributed by atoms with Crippen LogP contribution in [0.1, 0.15) is 5.56 Å². The van der Waals surface area contributed by atoms with Gasteiger partial charge < -0.3 is 5.11 Å². The quantitative estimate of drug-likeness (QED) is 0.790. The summed E-state index contributed by atoms with van der Waals surface area (Å²) in [4.78, 5) is 13.8. The van der Waals surface area contributed by atoms with Gasteiger partial charge in [0.1, 0.15) is 4.60 Å². The van der Waals surface area contributed by atoms with Crippen molar-refractivity contribution in [1.29, 1.82) is 0 Å². The Labute approximate surface area is 76.4 Å². The second-order valence-corrected chi connectivity index (χ2v) is 2.90. The fourth-order valence-electron chi connectivity index (χ4n) is 0.754. The largest absolute Gasteiger partial charge is 0.481 e. The summed E-state index contributed by atoms with van der Waals surface area (Å²) < 4.78 is 13.0. The molecule has 1 aromatic rings. The highest BCUT2D eigenvalue weighted by atomic mass is 79.9. The van der Waals surface area contributed by atoms with Crippen molar-refractivity contribution in [2.45, 2.75) is 6.42 Å². The molecule has 0 aliphatic rings. The molecule has 3 nitrogen and oxygen atoms in total. The fraction of sp³-hybridized carbons (Fsp3) is 0.143. The van der Waals surface area contributed by atoms with Gasteiger partial charge in [-0.05, 0) is 22.0 Å². The molecule has 1 rings (SSSR count). The first-order valence-corrected chi connectivity index (χ1v) is 3.91. The third-order valence-electron chi connectivity index (χ3n) is 1.27. The molecular weight excluding hydrogens is 229 g/mol. The third-order valence-corrected chi connectivity index (χ3v) is 1.82. The van der Waals surface area contributed by atoms with Crippen molar-refractivity contribution < 1.29 is 14.3 Å². The number of nitrogens with zero attached hydrogens (tertiary/aromatic N) is 1. The highest BCUT2D eigenvalue weighted by Crippen LogP contribution is 2.15. The van der Waals surface area contributed by atoms with E-state index < -0.39 is 11.8 Å². The monoisotopic (exact) mass is 233 g/mol. The minimum atomic E-state index is -1.06. The second-order valence-electron chi connectivity index (χ2n) is 2.15. The zero-order valence-electron chi connectivity index (χ0n) is 5.92. The van der Waals surface area contributed by atoms with Crippen LogP contribution in [0.15, 0.2) is 16.9 Å². The van der Waals surface area contributed by atoms with Gasteiger partial charge >= 0.3 is 5.97 Å². The van der Waals surface area contributed by atoms with Crippen molar-refractivity contribution in [2.75, 3.05) is 0 Å². The molecule has 0 bridgehead atoms. The van der Waals surface area contributed by atoms with Crippen molar-refractivity contribution in [1.82, 2.24) is 4.98 Å². The summed E-state index contributed by atoms with van der Waals surface area (Å²) in [6, 6.07) is 1.34. The molecule has 0 unspecified atom stereocenters. The fourth-order valence-corrected chi connectivity index (χ4v) is 1.13. The summed E-state index contributed by atoms with van der Waals surface area (Å²) in [5, 5.41) is 8.38. The van der Waals surface area contributed by atoms with E-state index in [4.69, 9.17) is 5.11 Å². The molecule has 0 aliphatic heterocycles. The molecule has 0 atom stereocenters. The van der Waals surface area contributed by atoms with E-state index in [-0.39, 0.29) is 16.6 Å². The van der Waals surface area contributed by atoms with Crippen molar-refractivity contribution >= 4 is 21.9 Å². The van der Waals surface area contributed by atoms with Gasteiger partial charge in [-0.3, -0.25) is 4.79 Å². The number of aliphatic carboxylic acids is 1. The van der Waals surface area contributed by atoms with E-state index in [9.17, 15) is 9.18 Å². The van der Waals surface area contributed by atoms with Gasteiger partial charge in [0.25, 0.3) is 0 Å². The van der Waals surface area contributed by atoms with E-state index in [0.29, 0.717) is 0 Å². The van der Waals surface area contributed by atoms with Gasteiger partial charge in [0.2, 0.25) is 0 Å². The number of carbonyl (C=O) groups is 1. The van der Waals surface area contributed by atoms with E-state index in [0.717, 1.165) is 0 Å². The standard InChI is InChI=1S/C7H5BrFNO2/c8-7-6(9)4(1-2-10-7)3-5(11)12/h1-2H,3H2,(H,11,12). The number of rotatable bonds is 2.